The van der Waals surface area contributed by atoms with E-state index >= 15 is 0 Å². The lowest BCUT2D eigenvalue weighted by atomic mass is 10.2. The fraction of sp³-hybridized carbons (Fsp3) is 0.818. The molecule has 0 spiro atoms. The largest absolute Gasteiger partial charge is 0.340 e. The van der Waals surface area contributed by atoms with Gasteiger partial charge in [-0.3, -0.25) is 20.0 Å². The molecule has 2 unspecified atom stereocenters. The molecule has 0 aliphatic carbocycles. The van der Waals surface area contributed by atoms with Crippen LogP contribution in [0.5, 0.6) is 0 Å². The lowest BCUT2D eigenvalue weighted by Crippen LogP contribution is -2.56. The monoisotopic (exact) mass is 224 g/mol. The van der Waals surface area contributed by atoms with Crippen molar-refractivity contribution < 1.29 is 4.79 Å². The smallest absolute Gasteiger partial charge is 0.219 e. The lowest BCUT2D eigenvalue weighted by Gasteiger charge is -2.38. The topological polar surface area (TPSA) is 47.9 Å². The third-order valence-electron chi connectivity index (χ3n) is 3.21. The zero-order valence-electron chi connectivity index (χ0n) is 10.0. The molecule has 1 saturated heterocycles. The van der Waals surface area contributed by atoms with Gasteiger partial charge in [-0.1, -0.05) is 6.92 Å². The quantitative estimate of drug-likeness (QED) is 0.668. The maximum absolute atomic E-state index is 11.2. The first kappa shape index (κ1) is 11.5. The van der Waals surface area contributed by atoms with Crippen molar-refractivity contribution in [1.82, 2.24) is 15.1 Å². The van der Waals surface area contributed by atoms with Gasteiger partial charge in [0.1, 0.15) is 0 Å². The van der Waals surface area contributed by atoms with E-state index in [9.17, 15) is 4.79 Å². The van der Waals surface area contributed by atoms with Gasteiger partial charge in [-0.15, -0.1) is 0 Å². The Morgan fingerprint density at radius 2 is 2.06 bits per heavy atom. The number of nitrogens with one attached hydrogen (secondary N) is 1. The van der Waals surface area contributed by atoms with E-state index in [2.05, 4.69) is 22.1 Å². The van der Waals surface area contributed by atoms with Crippen LogP contribution in [-0.2, 0) is 4.79 Å². The molecule has 5 heteroatoms. The Morgan fingerprint density at radius 3 is 2.56 bits per heavy atom. The molecule has 5 nitrogen and oxygen atoms in total. The van der Waals surface area contributed by atoms with Crippen LogP contribution in [0, 0.1) is 5.92 Å². The Hall–Kier alpha value is -0.940. The number of rotatable bonds is 1. The van der Waals surface area contributed by atoms with Gasteiger partial charge in [-0.05, 0) is 0 Å². The number of hydrogen-bond acceptors (Lipinski definition) is 4. The van der Waals surface area contributed by atoms with Gasteiger partial charge in [0.25, 0.3) is 0 Å². The molecule has 0 aromatic carbocycles. The minimum atomic E-state index is 0.116. The molecule has 0 radical (unpaired) electrons. The van der Waals surface area contributed by atoms with Crippen molar-refractivity contribution in [2.75, 3.05) is 32.7 Å². The van der Waals surface area contributed by atoms with Crippen molar-refractivity contribution in [3.8, 4) is 0 Å². The summed E-state index contributed by atoms with van der Waals surface area (Å²) in [5.74, 6) is 0.697. The van der Waals surface area contributed by atoms with Crippen LogP contribution in [0.4, 0.5) is 0 Å². The second kappa shape index (κ2) is 4.93. The standard InChI is InChI=1S/C11H20N4O/c1-9-7-12-11(13-8-9)15-5-3-14(4-6-15)10(2)16/h7,9,11,13H,3-6,8H2,1-2H3. The summed E-state index contributed by atoms with van der Waals surface area (Å²) in [6.45, 7) is 8.22. The molecule has 1 N–H and O–H groups in total. The Balaban J connectivity index is 1.85. The van der Waals surface area contributed by atoms with Crippen LogP contribution in [-0.4, -0.2) is 60.9 Å². The predicted octanol–water partition coefficient (Wildman–Crippen LogP) is -0.256. The SMILES string of the molecule is CC(=O)N1CCN(C2N=CC(C)CN2)CC1. The average molecular weight is 224 g/mol. The molecular weight excluding hydrogens is 204 g/mol. The number of piperazine rings is 1. The summed E-state index contributed by atoms with van der Waals surface area (Å²) in [5.41, 5.74) is 0. The van der Waals surface area contributed by atoms with E-state index in [-0.39, 0.29) is 12.2 Å². The summed E-state index contributed by atoms with van der Waals surface area (Å²) in [6, 6.07) is 0. The summed E-state index contributed by atoms with van der Waals surface area (Å²) in [7, 11) is 0. The Morgan fingerprint density at radius 1 is 1.38 bits per heavy atom. The average Bonchev–Trinajstić information content (AvgIpc) is 2.30. The number of carbonyl (C=O) groups excluding carboxylic acids is 1. The molecule has 2 heterocycles. The molecule has 0 bridgehead atoms. The molecule has 16 heavy (non-hydrogen) atoms. The van der Waals surface area contributed by atoms with Crippen molar-refractivity contribution in [2.45, 2.75) is 20.1 Å². The summed E-state index contributed by atoms with van der Waals surface area (Å²) >= 11 is 0. The van der Waals surface area contributed by atoms with Gasteiger partial charge in [0.05, 0.1) is 0 Å². The zero-order chi connectivity index (χ0) is 11.5. The van der Waals surface area contributed by atoms with Crippen LogP contribution < -0.4 is 5.32 Å². The van der Waals surface area contributed by atoms with E-state index in [4.69, 9.17) is 0 Å². The van der Waals surface area contributed by atoms with Gasteiger partial charge >= 0.3 is 0 Å². The molecule has 1 fully saturated rings. The van der Waals surface area contributed by atoms with Gasteiger partial charge in [-0.2, -0.15) is 0 Å². The third-order valence-corrected chi connectivity index (χ3v) is 3.21. The van der Waals surface area contributed by atoms with Crippen molar-refractivity contribution in [3.05, 3.63) is 0 Å². The summed E-state index contributed by atoms with van der Waals surface area (Å²) < 4.78 is 0. The molecule has 2 atom stereocenters. The van der Waals surface area contributed by atoms with Gasteiger partial charge in [0.15, 0.2) is 6.29 Å². The van der Waals surface area contributed by atoms with Crippen LogP contribution >= 0.6 is 0 Å². The van der Waals surface area contributed by atoms with Gasteiger partial charge in [-0.25, -0.2) is 0 Å². The molecule has 2 aliphatic rings. The number of aliphatic imine (C=N–C) groups is 1. The maximum atomic E-state index is 11.2. The Kier molecular flexibility index (Phi) is 3.56. The van der Waals surface area contributed by atoms with Crippen LogP contribution in [0.2, 0.25) is 0 Å². The predicted molar refractivity (Wildman–Crippen MR) is 63.3 cm³/mol. The van der Waals surface area contributed by atoms with Gasteiger partial charge in [0.2, 0.25) is 5.91 Å². The summed E-state index contributed by atoms with van der Waals surface area (Å²) in [5, 5.41) is 3.41. The zero-order valence-corrected chi connectivity index (χ0v) is 10.0. The molecule has 2 aliphatic heterocycles. The molecule has 2 rings (SSSR count). The summed E-state index contributed by atoms with van der Waals surface area (Å²) in [6.07, 6.45) is 2.14. The van der Waals surface area contributed by atoms with Crippen molar-refractivity contribution >= 4 is 12.1 Å². The maximum Gasteiger partial charge on any atom is 0.219 e. The fourth-order valence-electron chi connectivity index (χ4n) is 2.13. The first-order valence-corrected chi connectivity index (χ1v) is 5.93. The fourth-order valence-corrected chi connectivity index (χ4v) is 2.13. The Labute approximate surface area is 96.5 Å². The second-order valence-electron chi connectivity index (χ2n) is 4.60. The number of carbonyl (C=O) groups is 1. The second-order valence-corrected chi connectivity index (χ2v) is 4.60. The van der Waals surface area contributed by atoms with E-state index < -0.39 is 0 Å². The highest BCUT2D eigenvalue weighted by Crippen LogP contribution is 2.09. The van der Waals surface area contributed by atoms with E-state index in [1.165, 1.54) is 0 Å². The molecule has 1 amide bonds. The first-order chi connectivity index (χ1) is 7.66. The van der Waals surface area contributed by atoms with Crippen molar-refractivity contribution in [1.29, 1.82) is 0 Å². The molecule has 90 valence electrons. The molecule has 0 saturated carbocycles. The first-order valence-electron chi connectivity index (χ1n) is 5.93. The normalized spacial score (nSPS) is 31.8. The van der Waals surface area contributed by atoms with E-state index in [1.807, 2.05) is 11.1 Å². The number of nitrogens with zero attached hydrogens (tertiary/aromatic N) is 3. The molecule has 0 aromatic heterocycles. The van der Waals surface area contributed by atoms with E-state index in [0.29, 0.717) is 5.92 Å². The minimum absolute atomic E-state index is 0.116. The third kappa shape index (κ3) is 2.59. The van der Waals surface area contributed by atoms with Crippen molar-refractivity contribution in [2.24, 2.45) is 10.9 Å². The van der Waals surface area contributed by atoms with Gasteiger partial charge < -0.3 is 4.90 Å². The van der Waals surface area contributed by atoms with E-state index in [1.54, 1.807) is 6.92 Å². The highest BCUT2D eigenvalue weighted by atomic mass is 16.2. The highest BCUT2D eigenvalue weighted by molar-refractivity contribution is 5.73. The van der Waals surface area contributed by atoms with Crippen LogP contribution in [0.3, 0.4) is 0 Å². The van der Waals surface area contributed by atoms with E-state index in [0.717, 1.165) is 32.7 Å². The lowest BCUT2D eigenvalue weighted by molar-refractivity contribution is -0.131. The van der Waals surface area contributed by atoms with Gasteiger partial charge in [0, 0.05) is 51.8 Å². The Bertz CT molecular complexity index is 284. The number of amides is 1. The molecule has 0 aromatic rings. The minimum Gasteiger partial charge on any atom is -0.340 e. The van der Waals surface area contributed by atoms with Crippen molar-refractivity contribution in [3.63, 3.8) is 0 Å². The van der Waals surface area contributed by atoms with Crippen LogP contribution in [0.1, 0.15) is 13.8 Å². The van der Waals surface area contributed by atoms with Crippen LogP contribution in [0.15, 0.2) is 4.99 Å². The number of hydrogen-bond donors (Lipinski definition) is 1. The molecular formula is C11H20N4O. The van der Waals surface area contributed by atoms with Crippen LogP contribution in [0.25, 0.3) is 0 Å². The highest BCUT2D eigenvalue weighted by Gasteiger charge is 2.25. The summed E-state index contributed by atoms with van der Waals surface area (Å²) in [4.78, 5) is 19.9.